The highest BCUT2D eigenvalue weighted by atomic mass is 32.2. The number of aliphatic imine (C=N–C) groups is 1. The van der Waals surface area contributed by atoms with E-state index in [1.165, 1.54) is 23.9 Å². The van der Waals surface area contributed by atoms with E-state index in [1.807, 2.05) is 0 Å². The Balaban J connectivity index is 2.20. The summed E-state index contributed by atoms with van der Waals surface area (Å²) in [4.78, 5) is 16.1. The van der Waals surface area contributed by atoms with Crippen LogP contribution in [0.1, 0.15) is 26.7 Å². The van der Waals surface area contributed by atoms with E-state index >= 15 is 0 Å². The lowest BCUT2D eigenvalue weighted by molar-refractivity contribution is -0.118. The van der Waals surface area contributed by atoms with Gasteiger partial charge in [0.2, 0.25) is 0 Å². The fourth-order valence-electron chi connectivity index (χ4n) is 2.05. The molecular weight excluding hydrogens is 182 g/mol. The van der Waals surface area contributed by atoms with Crippen molar-refractivity contribution in [1.29, 1.82) is 0 Å². The topological polar surface area (TPSA) is 29.4 Å². The maximum Gasteiger partial charge on any atom is 0.195 e. The Morgan fingerprint density at radius 1 is 1.54 bits per heavy atom. The Hall–Kier alpha value is -0.310. The molecule has 0 aromatic carbocycles. The zero-order chi connectivity index (χ0) is 9.47. The van der Waals surface area contributed by atoms with Gasteiger partial charge in [0.05, 0.1) is 0 Å². The summed E-state index contributed by atoms with van der Waals surface area (Å²) >= 11 is 1.48. The minimum Gasteiger partial charge on any atom is -0.294 e. The molecule has 2 nitrogen and oxygen atoms in total. The van der Waals surface area contributed by atoms with Crippen molar-refractivity contribution in [2.45, 2.75) is 26.7 Å². The number of thioether (sulfide) groups is 1. The molecule has 2 rings (SSSR count). The first-order chi connectivity index (χ1) is 6.12. The van der Waals surface area contributed by atoms with Crippen molar-refractivity contribution in [2.75, 3.05) is 12.3 Å². The summed E-state index contributed by atoms with van der Waals surface area (Å²) in [7, 11) is 0. The molecule has 72 valence electrons. The van der Waals surface area contributed by atoms with Crippen LogP contribution in [0.15, 0.2) is 4.99 Å². The second-order valence-corrected chi connectivity index (χ2v) is 5.34. The van der Waals surface area contributed by atoms with Gasteiger partial charge in [-0.25, -0.2) is 0 Å². The van der Waals surface area contributed by atoms with Gasteiger partial charge in [-0.3, -0.25) is 9.79 Å². The SMILES string of the molecule is CC1(C)C(=O)SCC1C1=NCCC1. The van der Waals surface area contributed by atoms with Crippen molar-refractivity contribution in [1.82, 2.24) is 0 Å². The molecule has 1 atom stereocenters. The van der Waals surface area contributed by atoms with Crippen molar-refractivity contribution in [2.24, 2.45) is 16.3 Å². The van der Waals surface area contributed by atoms with E-state index in [4.69, 9.17) is 0 Å². The van der Waals surface area contributed by atoms with Crippen LogP contribution in [0.4, 0.5) is 0 Å². The third kappa shape index (κ3) is 1.43. The molecule has 0 aromatic heterocycles. The number of nitrogens with zero attached hydrogens (tertiary/aromatic N) is 1. The first-order valence-corrected chi connectivity index (χ1v) is 5.81. The summed E-state index contributed by atoms with van der Waals surface area (Å²) in [5.41, 5.74) is 1.12. The average molecular weight is 197 g/mol. The fourth-order valence-corrected chi connectivity index (χ4v) is 3.50. The second kappa shape index (κ2) is 3.12. The van der Waals surface area contributed by atoms with Crippen molar-refractivity contribution in [3.63, 3.8) is 0 Å². The summed E-state index contributed by atoms with van der Waals surface area (Å²) in [5, 5.41) is 0.340. The van der Waals surface area contributed by atoms with Crippen LogP contribution in [0.5, 0.6) is 0 Å². The van der Waals surface area contributed by atoms with Crippen LogP contribution in [-0.4, -0.2) is 23.1 Å². The monoisotopic (exact) mass is 197 g/mol. The van der Waals surface area contributed by atoms with Crippen LogP contribution < -0.4 is 0 Å². The molecule has 0 N–H and O–H groups in total. The lowest BCUT2D eigenvalue weighted by Gasteiger charge is -2.24. The predicted molar refractivity (Wildman–Crippen MR) is 56.3 cm³/mol. The van der Waals surface area contributed by atoms with Crippen molar-refractivity contribution >= 4 is 22.6 Å². The average Bonchev–Trinajstić information content (AvgIpc) is 2.62. The van der Waals surface area contributed by atoms with Gasteiger partial charge in [0.25, 0.3) is 0 Å². The van der Waals surface area contributed by atoms with Crippen LogP contribution in [-0.2, 0) is 4.79 Å². The van der Waals surface area contributed by atoms with E-state index in [2.05, 4.69) is 18.8 Å². The maximum absolute atomic E-state index is 11.6. The second-order valence-electron chi connectivity index (χ2n) is 4.35. The predicted octanol–water partition coefficient (Wildman–Crippen LogP) is 2.14. The largest absolute Gasteiger partial charge is 0.294 e. The van der Waals surface area contributed by atoms with Gasteiger partial charge in [0.15, 0.2) is 5.12 Å². The van der Waals surface area contributed by atoms with Gasteiger partial charge in [-0.2, -0.15) is 0 Å². The normalized spacial score (nSPS) is 32.3. The molecular formula is C10H15NOS. The maximum atomic E-state index is 11.6. The van der Waals surface area contributed by atoms with E-state index in [1.54, 1.807) is 0 Å². The van der Waals surface area contributed by atoms with Gasteiger partial charge in [0.1, 0.15) is 0 Å². The first kappa shape index (κ1) is 9.25. The van der Waals surface area contributed by atoms with Crippen molar-refractivity contribution in [3.8, 4) is 0 Å². The molecule has 2 heterocycles. The van der Waals surface area contributed by atoms with Gasteiger partial charge in [-0.05, 0) is 12.8 Å². The summed E-state index contributed by atoms with van der Waals surface area (Å²) in [6, 6.07) is 0. The van der Waals surface area contributed by atoms with Gasteiger partial charge >= 0.3 is 0 Å². The number of carbonyl (C=O) groups excluding carboxylic acids is 1. The molecule has 0 saturated carbocycles. The Morgan fingerprint density at radius 3 is 2.77 bits per heavy atom. The van der Waals surface area contributed by atoms with Crippen molar-refractivity contribution < 1.29 is 4.79 Å². The molecule has 0 amide bonds. The van der Waals surface area contributed by atoms with E-state index < -0.39 is 0 Å². The van der Waals surface area contributed by atoms with Crippen LogP contribution in [0, 0.1) is 11.3 Å². The van der Waals surface area contributed by atoms with Gasteiger partial charge < -0.3 is 0 Å². The van der Waals surface area contributed by atoms with Crippen LogP contribution in [0.2, 0.25) is 0 Å². The van der Waals surface area contributed by atoms with E-state index in [9.17, 15) is 4.79 Å². The number of hydrogen-bond acceptors (Lipinski definition) is 3. The summed E-state index contributed by atoms with van der Waals surface area (Å²) in [6.07, 6.45) is 2.29. The molecule has 3 heteroatoms. The molecule has 0 bridgehead atoms. The lowest BCUT2D eigenvalue weighted by Crippen LogP contribution is -2.31. The van der Waals surface area contributed by atoms with Gasteiger partial charge in [-0.15, -0.1) is 0 Å². The Bertz CT molecular complexity index is 270. The molecule has 1 fully saturated rings. The minimum absolute atomic E-state index is 0.173. The standard InChI is InChI=1S/C10H15NOS/c1-10(2)7(6-13-9(10)12)8-4-3-5-11-8/h7H,3-6H2,1-2H3. The summed E-state index contributed by atoms with van der Waals surface area (Å²) in [5.74, 6) is 1.36. The highest BCUT2D eigenvalue weighted by molar-refractivity contribution is 8.14. The highest BCUT2D eigenvalue weighted by Crippen LogP contribution is 2.43. The van der Waals surface area contributed by atoms with E-state index in [0.717, 1.165) is 18.7 Å². The highest BCUT2D eigenvalue weighted by Gasteiger charge is 2.45. The van der Waals surface area contributed by atoms with Crippen molar-refractivity contribution in [3.05, 3.63) is 0 Å². The summed E-state index contributed by atoms with van der Waals surface area (Å²) < 4.78 is 0. The number of rotatable bonds is 1. The Morgan fingerprint density at radius 2 is 2.31 bits per heavy atom. The van der Waals surface area contributed by atoms with E-state index in [0.29, 0.717) is 11.0 Å². The lowest BCUT2D eigenvalue weighted by atomic mass is 9.78. The molecule has 2 aliphatic heterocycles. The summed E-state index contributed by atoms with van der Waals surface area (Å²) in [6.45, 7) is 5.09. The van der Waals surface area contributed by atoms with Crippen LogP contribution in [0.25, 0.3) is 0 Å². The Kier molecular flexibility index (Phi) is 2.22. The fraction of sp³-hybridized carbons (Fsp3) is 0.800. The molecule has 0 spiro atoms. The van der Waals surface area contributed by atoms with E-state index in [-0.39, 0.29) is 5.41 Å². The van der Waals surface area contributed by atoms with Gasteiger partial charge in [-0.1, -0.05) is 25.6 Å². The minimum atomic E-state index is -0.173. The van der Waals surface area contributed by atoms with Crippen LogP contribution >= 0.6 is 11.8 Å². The third-order valence-electron chi connectivity index (χ3n) is 3.09. The zero-order valence-corrected chi connectivity index (χ0v) is 8.99. The smallest absolute Gasteiger partial charge is 0.195 e. The number of hydrogen-bond donors (Lipinski definition) is 0. The first-order valence-electron chi connectivity index (χ1n) is 4.83. The molecule has 1 unspecified atom stereocenters. The Labute approximate surface area is 83.2 Å². The quantitative estimate of drug-likeness (QED) is 0.644. The molecule has 0 radical (unpaired) electrons. The third-order valence-corrected chi connectivity index (χ3v) is 4.37. The van der Waals surface area contributed by atoms with Gasteiger partial charge in [0, 0.05) is 29.3 Å². The van der Waals surface area contributed by atoms with Crippen LogP contribution in [0.3, 0.4) is 0 Å². The number of carbonyl (C=O) groups is 1. The molecule has 0 aromatic rings. The molecule has 0 aliphatic carbocycles. The molecule has 2 aliphatic rings. The molecule has 13 heavy (non-hydrogen) atoms. The zero-order valence-electron chi connectivity index (χ0n) is 8.17. The molecule has 1 saturated heterocycles.